The number of rotatable bonds is 5. The van der Waals surface area contributed by atoms with E-state index in [1.807, 2.05) is 19.1 Å². The molecule has 2 atom stereocenters. The van der Waals surface area contributed by atoms with Crippen LogP contribution in [0.25, 0.3) is 0 Å². The van der Waals surface area contributed by atoms with Crippen LogP contribution in [0.5, 0.6) is 0 Å². The zero-order valence-corrected chi connectivity index (χ0v) is 17.1. The number of aryl methyl sites for hydroxylation is 1. The number of benzene rings is 1. The van der Waals surface area contributed by atoms with Crippen molar-refractivity contribution in [1.82, 2.24) is 15.2 Å². The predicted octanol–water partition coefficient (Wildman–Crippen LogP) is 2.59. The summed E-state index contributed by atoms with van der Waals surface area (Å²) < 4.78 is 0.619. The fraction of sp³-hybridized carbons (Fsp3) is 0.389. The van der Waals surface area contributed by atoms with Crippen molar-refractivity contribution in [1.29, 1.82) is 0 Å². The topological polar surface area (TPSA) is 85.4 Å². The van der Waals surface area contributed by atoms with Gasteiger partial charge in [0, 0.05) is 35.1 Å². The molecule has 1 saturated heterocycles. The lowest BCUT2D eigenvalue weighted by Crippen LogP contribution is -2.46. The minimum atomic E-state index is -0.703. The first-order valence-corrected chi connectivity index (χ1v) is 10.1. The van der Waals surface area contributed by atoms with Gasteiger partial charge >= 0.3 is 0 Å². The molecule has 2 aromatic rings. The summed E-state index contributed by atoms with van der Waals surface area (Å²) in [6.07, 6.45) is -0.303. The van der Waals surface area contributed by atoms with Gasteiger partial charge in [-0.05, 0) is 36.8 Å². The number of aliphatic hydroxyl groups excluding tert-OH is 1. The average molecular weight is 426 g/mol. The third-order valence-corrected chi connectivity index (χ3v) is 6.11. The maximum Gasteiger partial charge on any atom is 0.243 e. The Hall–Kier alpha value is -1.74. The molecule has 3 rings (SSSR count). The van der Waals surface area contributed by atoms with Crippen molar-refractivity contribution in [3.63, 3.8) is 0 Å². The van der Waals surface area contributed by atoms with Crippen LogP contribution in [0.3, 0.4) is 0 Å². The van der Waals surface area contributed by atoms with E-state index in [4.69, 9.17) is 23.8 Å². The average Bonchev–Trinajstić information content (AvgIpc) is 3.16. The van der Waals surface area contributed by atoms with Crippen LogP contribution in [0.4, 0.5) is 0 Å². The number of hydrogen-bond donors (Lipinski definition) is 3. The number of hydrogen-bond acceptors (Lipinski definition) is 5. The number of aromatic amines is 1. The lowest BCUT2D eigenvalue weighted by atomic mass is 10.1. The largest absolute Gasteiger partial charge is 0.391 e. The van der Waals surface area contributed by atoms with Crippen molar-refractivity contribution in [2.75, 3.05) is 6.54 Å². The van der Waals surface area contributed by atoms with Crippen LogP contribution >= 0.6 is 35.2 Å². The molecule has 2 unspecified atom stereocenters. The Kier molecular flexibility index (Phi) is 6.31. The Morgan fingerprint density at radius 3 is 2.74 bits per heavy atom. The van der Waals surface area contributed by atoms with Gasteiger partial charge in [0.15, 0.2) is 3.95 Å². The molecule has 2 heterocycles. The van der Waals surface area contributed by atoms with Gasteiger partial charge in [0.2, 0.25) is 11.8 Å². The molecule has 1 aromatic carbocycles. The number of β-amino-alcohol motifs (C(OH)–C–C–N with tert-alkyl or cyclic N) is 1. The second-order valence-electron chi connectivity index (χ2n) is 6.54. The number of likely N-dealkylation sites (tertiary alicyclic amines) is 1. The van der Waals surface area contributed by atoms with Gasteiger partial charge in [-0.3, -0.25) is 9.59 Å². The predicted molar refractivity (Wildman–Crippen MR) is 107 cm³/mol. The number of carbonyl (C=O) groups excluding carboxylic acids is 2. The number of thiazole rings is 1. The van der Waals surface area contributed by atoms with E-state index in [0.717, 1.165) is 16.1 Å². The summed E-state index contributed by atoms with van der Waals surface area (Å²) in [6, 6.07) is 6.50. The van der Waals surface area contributed by atoms with Crippen molar-refractivity contribution in [2.24, 2.45) is 0 Å². The van der Waals surface area contributed by atoms with Crippen molar-refractivity contribution in [2.45, 2.75) is 38.5 Å². The second kappa shape index (κ2) is 8.52. The molecule has 1 aromatic heterocycles. The zero-order chi connectivity index (χ0) is 19.6. The van der Waals surface area contributed by atoms with Gasteiger partial charge in [-0.1, -0.05) is 23.7 Å². The van der Waals surface area contributed by atoms with Gasteiger partial charge in [-0.2, -0.15) is 0 Å². The van der Waals surface area contributed by atoms with Crippen LogP contribution in [-0.4, -0.2) is 45.5 Å². The molecule has 144 valence electrons. The zero-order valence-electron chi connectivity index (χ0n) is 14.7. The first-order valence-electron chi connectivity index (χ1n) is 8.51. The smallest absolute Gasteiger partial charge is 0.243 e. The van der Waals surface area contributed by atoms with Crippen LogP contribution in [0.2, 0.25) is 5.02 Å². The third-order valence-electron chi connectivity index (χ3n) is 4.52. The Morgan fingerprint density at radius 1 is 1.41 bits per heavy atom. The number of nitrogens with zero attached hydrogens (tertiary/aromatic N) is 1. The minimum absolute atomic E-state index is 0.159. The molecular weight excluding hydrogens is 406 g/mol. The first kappa shape index (κ1) is 20.0. The third kappa shape index (κ3) is 4.95. The lowest BCUT2D eigenvalue weighted by molar-refractivity contribution is -0.138. The quantitative estimate of drug-likeness (QED) is 0.643. The molecule has 1 fully saturated rings. The van der Waals surface area contributed by atoms with Crippen LogP contribution in [0.15, 0.2) is 24.3 Å². The Labute approximate surface area is 171 Å². The summed E-state index contributed by atoms with van der Waals surface area (Å²) in [6.45, 7) is 2.36. The van der Waals surface area contributed by atoms with E-state index in [9.17, 15) is 14.7 Å². The van der Waals surface area contributed by atoms with Gasteiger partial charge in [-0.15, -0.1) is 11.3 Å². The summed E-state index contributed by atoms with van der Waals surface area (Å²) in [4.78, 5) is 30.7. The summed E-state index contributed by atoms with van der Waals surface area (Å²) in [7, 11) is 0. The van der Waals surface area contributed by atoms with Crippen molar-refractivity contribution >= 4 is 47.0 Å². The van der Waals surface area contributed by atoms with E-state index in [2.05, 4.69) is 10.3 Å². The monoisotopic (exact) mass is 425 g/mol. The van der Waals surface area contributed by atoms with Crippen LogP contribution < -0.4 is 5.32 Å². The molecule has 1 aliphatic rings. The SMILES string of the molecule is Cc1[nH]c(=S)sc1CC(=O)N1CC(O)CC1C(=O)NCc1ccc(Cl)cc1. The van der Waals surface area contributed by atoms with E-state index in [0.29, 0.717) is 15.5 Å². The fourth-order valence-electron chi connectivity index (χ4n) is 3.09. The highest BCUT2D eigenvalue weighted by Crippen LogP contribution is 2.22. The van der Waals surface area contributed by atoms with Crippen molar-refractivity contribution in [3.05, 3.63) is 49.4 Å². The molecule has 2 amide bonds. The lowest BCUT2D eigenvalue weighted by Gasteiger charge is -2.23. The van der Waals surface area contributed by atoms with E-state index < -0.39 is 12.1 Å². The molecule has 3 N–H and O–H groups in total. The van der Waals surface area contributed by atoms with E-state index in [-0.39, 0.29) is 31.2 Å². The van der Waals surface area contributed by atoms with Gasteiger partial charge in [0.05, 0.1) is 12.5 Å². The molecule has 0 aliphatic carbocycles. The van der Waals surface area contributed by atoms with E-state index >= 15 is 0 Å². The summed E-state index contributed by atoms with van der Waals surface area (Å²) in [5.74, 6) is -0.459. The van der Waals surface area contributed by atoms with E-state index in [1.165, 1.54) is 16.2 Å². The summed E-state index contributed by atoms with van der Waals surface area (Å²) >= 11 is 12.3. The molecular formula is C18H20ClN3O3S2. The number of halogens is 1. The fourth-order valence-corrected chi connectivity index (χ4v) is 4.50. The standard InChI is InChI=1S/C18H20ClN3O3S2/c1-10-15(27-18(26)21-10)7-16(24)22-9-13(23)6-14(22)17(25)20-8-11-2-4-12(19)5-3-11/h2-5,13-14,23H,6-9H2,1H3,(H,20,25)(H,21,26). The van der Waals surface area contributed by atoms with Crippen molar-refractivity contribution < 1.29 is 14.7 Å². The van der Waals surface area contributed by atoms with Crippen LogP contribution in [0, 0.1) is 10.9 Å². The minimum Gasteiger partial charge on any atom is -0.391 e. The van der Waals surface area contributed by atoms with Crippen molar-refractivity contribution in [3.8, 4) is 0 Å². The molecule has 1 aliphatic heterocycles. The Bertz CT molecular complexity index is 894. The number of amides is 2. The van der Waals surface area contributed by atoms with Crippen LogP contribution in [-0.2, 0) is 22.6 Å². The summed E-state index contributed by atoms with van der Waals surface area (Å²) in [5, 5.41) is 13.5. The molecule has 0 saturated carbocycles. The molecule has 0 spiro atoms. The molecule has 6 nitrogen and oxygen atoms in total. The number of nitrogens with one attached hydrogen (secondary N) is 2. The normalized spacial score (nSPS) is 19.3. The number of aromatic nitrogens is 1. The summed E-state index contributed by atoms with van der Waals surface area (Å²) in [5.41, 5.74) is 1.77. The highest BCUT2D eigenvalue weighted by Gasteiger charge is 2.38. The van der Waals surface area contributed by atoms with Gasteiger partial charge in [-0.25, -0.2) is 0 Å². The van der Waals surface area contributed by atoms with Gasteiger partial charge < -0.3 is 20.3 Å². The molecule has 0 bridgehead atoms. The van der Waals surface area contributed by atoms with Gasteiger partial charge in [0.25, 0.3) is 0 Å². The Balaban J connectivity index is 1.64. The van der Waals surface area contributed by atoms with Gasteiger partial charge in [0.1, 0.15) is 6.04 Å². The molecule has 27 heavy (non-hydrogen) atoms. The molecule has 9 heteroatoms. The molecule has 0 radical (unpaired) electrons. The highest BCUT2D eigenvalue weighted by atomic mass is 35.5. The second-order valence-corrected chi connectivity index (χ2v) is 8.74. The number of aliphatic hydroxyl groups is 1. The number of carbonyl (C=O) groups is 2. The number of H-pyrrole nitrogens is 1. The highest BCUT2D eigenvalue weighted by molar-refractivity contribution is 7.73. The first-order chi connectivity index (χ1) is 12.8. The van der Waals surface area contributed by atoms with E-state index in [1.54, 1.807) is 12.1 Å². The Morgan fingerprint density at radius 2 is 2.11 bits per heavy atom. The van der Waals surface area contributed by atoms with Crippen LogP contribution in [0.1, 0.15) is 22.6 Å². The maximum atomic E-state index is 12.7. The maximum absolute atomic E-state index is 12.7.